The van der Waals surface area contributed by atoms with Gasteiger partial charge in [-0.25, -0.2) is 4.39 Å². The van der Waals surface area contributed by atoms with Gasteiger partial charge >= 0.3 is 0 Å². The summed E-state index contributed by atoms with van der Waals surface area (Å²) in [6.07, 6.45) is 0. The first-order chi connectivity index (χ1) is 8.65. The van der Waals surface area contributed by atoms with Crippen molar-refractivity contribution in [2.45, 2.75) is 19.9 Å². The largest absolute Gasteiger partial charge is 0.493 e. The summed E-state index contributed by atoms with van der Waals surface area (Å²) in [7, 11) is 0. The maximum Gasteiger partial charge on any atom is 0.124 e. The van der Waals surface area contributed by atoms with Crippen LogP contribution in [0.3, 0.4) is 0 Å². The maximum atomic E-state index is 13.3. The van der Waals surface area contributed by atoms with E-state index in [1.165, 1.54) is 12.1 Å². The molecule has 2 N–H and O–H groups in total. The van der Waals surface area contributed by atoms with Gasteiger partial charge in [0.1, 0.15) is 11.6 Å². The molecule has 2 rings (SSSR count). The first-order valence-electron chi connectivity index (χ1n) is 6.55. The van der Waals surface area contributed by atoms with E-state index in [2.05, 4.69) is 18.7 Å². The average molecular weight is 252 g/mol. The van der Waals surface area contributed by atoms with Gasteiger partial charge in [-0.1, -0.05) is 13.8 Å². The molecule has 100 valence electrons. The van der Waals surface area contributed by atoms with Gasteiger partial charge in [-0.2, -0.15) is 0 Å². The van der Waals surface area contributed by atoms with Crippen molar-refractivity contribution in [3.63, 3.8) is 0 Å². The fourth-order valence-electron chi connectivity index (χ4n) is 2.45. The highest BCUT2D eigenvalue weighted by atomic mass is 19.1. The molecular formula is C14H21FN2O. The summed E-state index contributed by atoms with van der Waals surface area (Å²) < 4.78 is 18.9. The highest BCUT2D eigenvalue weighted by Crippen LogP contribution is 2.34. The Labute approximate surface area is 108 Å². The van der Waals surface area contributed by atoms with E-state index < -0.39 is 0 Å². The Balaban J connectivity index is 2.14. The molecule has 2 atom stereocenters. The van der Waals surface area contributed by atoms with E-state index in [4.69, 9.17) is 10.5 Å². The predicted octanol–water partition coefficient (Wildman–Crippen LogP) is 2.18. The van der Waals surface area contributed by atoms with Crippen molar-refractivity contribution in [1.29, 1.82) is 0 Å². The minimum absolute atomic E-state index is 0.148. The monoisotopic (exact) mass is 252 g/mol. The van der Waals surface area contributed by atoms with E-state index in [-0.39, 0.29) is 17.8 Å². The lowest BCUT2D eigenvalue weighted by atomic mass is 9.91. The SMILES string of the molecule is CCN(CC)CC1COc2ccc(F)cc2C1N. The highest BCUT2D eigenvalue weighted by molar-refractivity contribution is 5.38. The summed E-state index contributed by atoms with van der Waals surface area (Å²) in [5, 5.41) is 0. The summed E-state index contributed by atoms with van der Waals surface area (Å²) in [6, 6.07) is 4.42. The molecule has 0 bridgehead atoms. The zero-order chi connectivity index (χ0) is 13.1. The van der Waals surface area contributed by atoms with Crippen LogP contribution in [0, 0.1) is 11.7 Å². The Hall–Kier alpha value is -1.13. The van der Waals surface area contributed by atoms with Crippen LogP contribution in [0.1, 0.15) is 25.5 Å². The zero-order valence-corrected chi connectivity index (χ0v) is 11.0. The summed E-state index contributed by atoms with van der Waals surface area (Å²) in [5.41, 5.74) is 7.03. The van der Waals surface area contributed by atoms with Gasteiger partial charge in [0.2, 0.25) is 0 Å². The number of nitrogens with zero attached hydrogens (tertiary/aromatic N) is 1. The minimum atomic E-state index is -0.253. The molecule has 18 heavy (non-hydrogen) atoms. The smallest absolute Gasteiger partial charge is 0.124 e. The van der Waals surface area contributed by atoms with E-state index >= 15 is 0 Å². The van der Waals surface area contributed by atoms with Crippen LogP contribution in [0.5, 0.6) is 5.75 Å². The molecule has 3 nitrogen and oxygen atoms in total. The molecule has 1 aliphatic heterocycles. The fraction of sp³-hybridized carbons (Fsp3) is 0.571. The molecule has 0 saturated carbocycles. The normalized spacial score (nSPS) is 22.7. The first-order valence-corrected chi connectivity index (χ1v) is 6.55. The van der Waals surface area contributed by atoms with Crippen LogP contribution >= 0.6 is 0 Å². The van der Waals surface area contributed by atoms with Crippen LogP contribution in [0.15, 0.2) is 18.2 Å². The van der Waals surface area contributed by atoms with E-state index in [1.54, 1.807) is 6.07 Å². The number of nitrogens with two attached hydrogens (primary N) is 1. The molecule has 1 aromatic rings. The van der Waals surface area contributed by atoms with Gasteiger partial charge < -0.3 is 15.4 Å². The van der Waals surface area contributed by atoms with Crippen LogP contribution in [-0.4, -0.2) is 31.1 Å². The molecule has 4 heteroatoms. The van der Waals surface area contributed by atoms with E-state index in [0.717, 1.165) is 30.9 Å². The van der Waals surface area contributed by atoms with Crippen molar-refractivity contribution >= 4 is 0 Å². The lowest BCUT2D eigenvalue weighted by molar-refractivity contribution is 0.144. The van der Waals surface area contributed by atoms with Crippen molar-refractivity contribution in [2.75, 3.05) is 26.2 Å². The number of fused-ring (bicyclic) bond motifs is 1. The van der Waals surface area contributed by atoms with E-state index in [0.29, 0.717) is 6.61 Å². The van der Waals surface area contributed by atoms with Crippen molar-refractivity contribution in [3.8, 4) is 5.75 Å². The fourth-order valence-corrected chi connectivity index (χ4v) is 2.45. The number of hydrogen-bond acceptors (Lipinski definition) is 3. The second kappa shape index (κ2) is 5.67. The van der Waals surface area contributed by atoms with Gasteiger partial charge in [0.05, 0.1) is 6.61 Å². The van der Waals surface area contributed by atoms with Crippen LogP contribution < -0.4 is 10.5 Å². The Morgan fingerprint density at radius 1 is 1.39 bits per heavy atom. The number of benzene rings is 1. The molecule has 1 aliphatic rings. The predicted molar refractivity (Wildman–Crippen MR) is 70.1 cm³/mol. The Kier molecular flexibility index (Phi) is 4.19. The standard InChI is InChI=1S/C14H21FN2O/c1-3-17(4-2)8-10-9-18-13-6-5-11(15)7-12(13)14(10)16/h5-7,10,14H,3-4,8-9,16H2,1-2H3. The molecule has 0 saturated heterocycles. The molecule has 1 aromatic carbocycles. The third-order valence-electron chi connectivity index (χ3n) is 3.68. The van der Waals surface area contributed by atoms with Crippen LogP contribution in [0.4, 0.5) is 4.39 Å². The number of halogens is 1. The molecule has 0 spiro atoms. The number of ether oxygens (including phenoxy) is 1. The summed E-state index contributed by atoms with van der Waals surface area (Å²) >= 11 is 0. The molecule has 0 aromatic heterocycles. The van der Waals surface area contributed by atoms with Gasteiger partial charge in [0.25, 0.3) is 0 Å². The van der Waals surface area contributed by atoms with Gasteiger partial charge in [-0.15, -0.1) is 0 Å². The highest BCUT2D eigenvalue weighted by Gasteiger charge is 2.29. The molecular weight excluding hydrogens is 231 g/mol. The molecule has 0 radical (unpaired) electrons. The van der Waals surface area contributed by atoms with Crippen LogP contribution in [0.25, 0.3) is 0 Å². The van der Waals surface area contributed by atoms with E-state index in [9.17, 15) is 4.39 Å². The number of hydrogen-bond donors (Lipinski definition) is 1. The third-order valence-corrected chi connectivity index (χ3v) is 3.68. The third kappa shape index (κ3) is 2.65. The number of rotatable bonds is 4. The molecule has 0 amide bonds. The quantitative estimate of drug-likeness (QED) is 0.892. The average Bonchev–Trinajstić information content (AvgIpc) is 2.39. The lowest BCUT2D eigenvalue weighted by Crippen LogP contribution is -2.40. The second-order valence-corrected chi connectivity index (χ2v) is 4.76. The van der Waals surface area contributed by atoms with Crippen molar-refractivity contribution < 1.29 is 9.13 Å². The molecule has 0 fully saturated rings. The topological polar surface area (TPSA) is 38.5 Å². The van der Waals surface area contributed by atoms with Crippen molar-refractivity contribution in [1.82, 2.24) is 4.90 Å². The Bertz CT molecular complexity index is 407. The molecule has 0 aliphatic carbocycles. The van der Waals surface area contributed by atoms with Gasteiger partial charge in [0.15, 0.2) is 0 Å². The Morgan fingerprint density at radius 3 is 2.78 bits per heavy atom. The van der Waals surface area contributed by atoms with Crippen LogP contribution in [0.2, 0.25) is 0 Å². The summed E-state index contributed by atoms with van der Waals surface area (Å²) in [4.78, 5) is 2.32. The maximum absolute atomic E-state index is 13.3. The van der Waals surface area contributed by atoms with Gasteiger partial charge in [-0.3, -0.25) is 0 Å². The molecule has 1 heterocycles. The van der Waals surface area contributed by atoms with Crippen molar-refractivity contribution in [3.05, 3.63) is 29.6 Å². The van der Waals surface area contributed by atoms with Crippen LogP contribution in [-0.2, 0) is 0 Å². The second-order valence-electron chi connectivity index (χ2n) is 4.76. The molecule has 2 unspecified atom stereocenters. The minimum Gasteiger partial charge on any atom is -0.493 e. The van der Waals surface area contributed by atoms with E-state index in [1.807, 2.05) is 0 Å². The summed E-state index contributed by atoms with van der Waals surface area (Å²) in [5.74, 6) is 0.690. The Morgan fingerprint density at radius 2 is 2.11 bits per heavy atom. The van der Waals surface area contributed by atoms with Gasteiger partial charge in [-0.05, 0) is 31.3 Å². The van der Waals surface area contributed by atoms with Crippen molar-refractivity contribution in [2.24, 2.45) is 11.7 Å². The van der Waals surface area contributed by atoms with Gasteiger partial charge in [0, 0.05) is 24.1 Å². The zero-order valence-electron chi connectivity index (χ0n) is 11.0. The first kappa shape index (κ1) is 13.3. The summed E-state index contributed by atoms with van der Waals surface area (Å²) in [6.45, 7) is 7.75. The lowest BCUT2D eigenvalue weighted by Gasteiger charge is -2.34.